The van der Waals surface area contributed by atoms with Crippen LogP contribution in [0.1, 0.15) is 20.3 Å². The van der Waals surface area contributed by atoms with Gasteiger partial charge in [0.15, 0.2) is 6.61 Å². The summed E-state index contributed by atoms with van der Waals surface area (Å²) in [6, 6.07) is 4.32. The van der Waals surface area contributed by atoms with E-state index in [1.165, 1.54) is 11.0 Å². The molecule has 0 aliphatic rings. The Hall–Kier alpha value is -1.46. The molecule has 1 unspecified atom stereocenters. The first-order valence-corrected chi connectivity index (χ1v) is 7.19. The van der Waals surface area contributed by atoms with Crippen molar-refractivity contribution >= 4 is 35.1 Å². The number of halogens is 2. The first kappa shape index (κ1) is 17.6. The third-order valence-electron chi connectivity index (χ3n) is 2.92. The van der Waals surface area contributed by atoms with Gasteiger partial charge in [-0.1, -0.05) is 23.2 Å². The fourth-order valence-corrected chi connectivity index (χ4v) is 2.18. The molecule has 0 heterocycles. The number of carbonyl (C=O) groups excluding carboxylic acids is 1. The second-order valence-corrected chi connectivity index (χ2v) is 5.31. The van der Waals surface area contributed by atoms with E-state index < -0.39 is 12.0 Å². The first-order valence-electron chi connectivity index (χ1n) is 6.44. The van der Waals surface area contributed by atoms with E-state index in [1.54, 1.807) is 26.0 Å². The number of hydrogen-bond donors (Lipinski definition) is 1. The standard InChI is InChI=1S/C14H17Cl2NO4/c1-3-17(9(2)6-14(19)20)13(18)8-21-10-4-5-11(15)12(16)7-10/h4-5,7,9H,3,6,8H2,1-2H3,(H,19,20). The number of likely N-dealkylation sites (N-methyl/N-ethyl adjacent to an activating group) is 1. The molecule has 0 spiro atoms. The molecule has 116 valence electrons. The van der Waals surface area contributed by atoms with Crippen molar-refractivity contribution in [2.75, 3.05) is 13.2 Å². The van der Waals surface area contributed by atoms with E-state index in [-0.39, 0.29) is 18.9 Å². The molecule has 1 aromatic rings. The van der Waals surface area contributed by atoms with E-state index >= 15 is 0 Å². The van der Waals surface area contributed by atoms with Crippen LogP contribution in [-0.4, -0.2) is 41.1 Å². The smallest absolute Gasteiger partial charge is 0.305 e. The van der Waals surface area contributed by atoms with E-state index in [4.69, 9.17) is 33.0 Å². The van der Waals surface area contributed by atoms with Crippen molar-refractivity contribution in [3.63, 3.8) is 0 Å². The number of nitrogens with zero attached hydrogens (tertiary/aromatic N) is 1. The highest BCUT2D eigenvalue weighted by Gasteiger charge is 2.21. The van der Waals surface area contributed by atoms with E-state index in [0.29, 0.717) is 22.3 Å². The summed E-state index contributed by atoms with van der Waals surface area (Å²) in [6.07, 6.45) is -0.105. The van der Waals surface area contributed by atoms with Gasteiger partial charge in [-0.2, -0.15) is 0 Å². The Morgan fingerprint density at radius 3 is 2.52 bits per heavy atom. The van der Waals surface area contributed by atoms with Gasteiger partial charge in [0, 0.05) is 18.7 Å². The molecule has 0 saturated heterocycles. The lowest BCUT2D eigenvalue weighted by atomic mass is 10.2. The summed E-state index contributed by atoms with van der Waals surface area (Å²) in [5.74, 6) is -0.795. The molecule has 1 atom stereocenters. The minimum Gasteiger partial charge on any atom is -0.484 e. The number of carboxylic acids is 1. The Morgan fingerprint density at radius 1 is 1.33 bits per heavy atom. The number of benzene rings is 1. The van der Waals surface area contributed by atoms with Crippen molar-refractivity contribution in [1.29, 1.82) is 0 Å². The van der Waals surface area contributed by atoms with Gasteiger partial charge < -0.3 is 14.7 Å². The van der Waals surface area contributed by atoms with Crippen LogP contribution in [0.25, 0.3) is 0 Å². The van der Waals surface area contributed by atoms with E-state index in [2.05, 4.69) is 0 Å². The Balaban J connectivity index is 2.61. The molecule has 1 N–H and O–H groups in total. The highest BCUT2D eigenvalue weighted by molar-refractivity contribution is 6.42. The number of hydrogen-bond acceptors (Lipinski definition) is 3. The van der Waals surface area contributed by atoms with E-state index in [0.717, 1.165) is 0 Å². The van der Waals surface area contributed by atoms with Crippen LogP contribution in [0.15, 0.2) is 18.2 Å². The van der Waals surface area contributed by atoms with Gasteiger partial charge >= 0.3 is 5.97 Å². The maximum Gasteiger partial charge on any atom is 0.305 e. The molecule has 0 radical (unpaired) electrons. The third-order valence-corrected chi connectivity index (χ3v) is 3.66. The van der Waals surface area contributed by atoms with Gasteiger partial charge in [0.1, 0.15) is 5.75 Å². The molecule has 0 fully saturated rings. The van der Waals surface area contributed by atoms with E-state index in [1.807, 2.05) is 0 Å². The number of carbonyl (C=O) groups is 2. The average Bonchev–Trinajstić information content (AvgIpc) is 2.40. The van der Waals surface area contributed by atoms with Gasteiger partial charge in [-0.05, 0) is 26.0 Å². The minimum absolute atomic E-state index is 0.105. The van der Waals surface area contributed by atoms with Gasteiger partial charge in [-0.15, -0.1) is 0 Å². The summed E-state index contributed by atoms with van der Waals surface area (Å²) in [6.45, 7) is 3.71. The van der Waals surface area contributed by atoms with Crippen LogP contribution < -0.4 is 4.74 Å². The van der Waals surface area contributed by atoms with Crippen molar-refractivity contribution in [1.82, 2.24) is 4.90 Å². The lowest BCUT2D eigenvalue weighted by Gasteiger charge is -2.27. The third kappa shape index (κ3) is 5.44. The van der Waals surface area contributed by atoms with Crippen molar-refractivity contribution in [3.8, 4) is 5.75 Å². The Morgan fingerprint density at radius 2 is 2.00 bits per heavy atom. The zero-order chi connectivity index (χ0) is 16.0. The normalized spacial score (nSPS) is 11.8. The first-order chi connectivity index (χ1) is 9.85. The highest BCUT2D eigenvalue weighted by atomic mass is 35.5. The van der Waals surface area contributed by atoms with Crippen LogP contribution in [0.5, 0.6) is 5.75 Å². The maximum absolute atomic E-state index is 12.1. The van der Waals surface area contributed by atoms with Crippen LogP contribution >= 0.6 is 23.2 Å². The maximum atomic E-state index is 12.1. The summed E-state index contributed by atoms with van der Waals surface area (Å²) in [5.41, 5.74) is 0. The van der Waals surface area contributed by atoms with Crippen LogP contribution in [0.3, 0.4) is 0 Å². The Labute approximate surface area is 133 Å². The monoisotopic (exact) mass is 333 g/mol. The van der Waals surface area contributed by atoms with Gasteiger partial charge in [0.25, 0.3) is 5.91 Å². The van der Waals surface area contributed by atoms with E-state index in [9.17, 15) is 9.59 Å². The van der Waals surface area contributed by atoms with Crippen molar-refractivity contribution in [2.24, 2.45) is 0 Å². The Bertz CT molecular complexity index is 522. The second-order valence-electron chi connectivity index (χ2n) is 4.49. The number of amides is 1. The fraction of sp³-hybridized carbons (Fsp3) is 0.429. The summed E-state index contributed by atoms with van der Waals surface area (Å²) in [4.78, 5) is 24.2. The lowest BCUT2D eigenvalue weighted by molar-refractivity contribution is -0.141. The van der Waals surface area contributed by atoms with Crippen LogP contribution in [0, 0.1) is 0 Å². The van der Waals surface area contributed by atoms with Crippen molar-refractivity contribution < 1.29 is 19.4 Å². The summed E-state index contributed by atoms with van der Waals surface area (Å²) in [5, 5.41) is 9.52. The van der Waals surface area contributed by atoms with Gasteiger partial charge in [-0.25, -0.2) is 0 Å². The van der Waals surface area contributed by atoms with Gasteiger partial charge in [0.2, 0.25) is 0 Å². The zero-order valence-corrected chi connectivity index (χ0v) is 13.3. The molecule has 0 aliphatic heterocycles. The molecule has 1 amide bonds. The molecule has 0 aliphatic carbocycles. The number of aliphatic carboxylic acids is 1. The van der Waals surface area contributed by atoms with Crippen LogP contribution in [0.2, 0.25) is 10.0 Å². The molecular formula is C14H17Cl2NO4. The van der Waals surface area contributed by atoms with Crippen molar-refractivity contribution in [2.45, 2.75) is 26.3 Å². The summed E-state index contributed by atoms with van der Waals surface area (Å²) >= 11 is 11.6. The Kier molecular flexibility index (Phi) is 6.78. The SMILES string of the molecule is CCN(C(=O)COc1ccc(Cl)c(Cl)c1)C(C)CC(=O)O. The zero-order valence-electron chi connectivity index (χ0n) is 11.8. The van der Waals surface area contributed by atoms with Gasteiger partial charge in [0.05, 0.1) is 16.5 Å². The average molecular weight is 334 g/mol. The molecule has 7 heteroatoms. The summed E-state index contributed by atoms with van der Waals surface area (Å²) < 4.78 is 5.36. The van der Waals surface area contributed by atoms with Crippen LogP contribution in [0.4, 0.5) is 0 Å². The largest absolute Gasteiger partial charge is 0.484 e. The second kappa shape index (κ2) is 8.10. The number of rotatable bonds is 7. The molecule has 1 rings (SSSR count). The molecule has 0 aromatic heterocycles. The quantitative estimate of drug-likeness (QED) is 0.832. The molecule has 5 nitrogen and oxygen atoms in total. The van der Waals surface area contributed by atoms with Crippen LogP contribution in [-0.2, 0) is 9.59 Å². The molecule has 1 aromatic carbocycles. The fourth-order valence-electron chi connectivity index (χ4n) is 1.89. The molecule has 21 heavy (non-hydrogen) atoms. The number of carboxylic acid groups (broad SMARTS) is 1. The predicted octanol–water partition coefficient (Wildman–Crippen LogP) is 3.08. The lowest BCUT2D eigenvalue weighted by Crippen LogP contribution is -2.42. The summed E-state index contributed by atoms with van der Waals surface area (Å²) in [7, 11) is 0. The molecular weight excluding hydrogens is 317 g/mol. The topological polar surface area (TPSA) is 66.8 Å². The highest BCUT2D eigenvalue weighted by Crippen LogP contribution is 2.26. The predicted molar refractivity (Wildman–Crippen MR) is 81.1 cm³/mol. The number of ether oxygens (including phenoxy) is 1. The van der Waals surface area contributed by atoms with Crippen molar-refractivity contribution in [3.05, 3.63) is 28.2 Å². The minimum atomic E-state index is -0.945. The molecule has 0 saturated carbocycles. The molecule has 0 bridgehead atoms. The van der Waals surface area contributed by atoms with Gasteiger partial charge in [-0.3, -0.25) is 9.59 Å².